The Kier molecular flexibility index (Phi) is 7.96. The fourth-order valence-electron chi connectivity index (χ4n) is 3.26. The Labute approximate surface area is 177 Å². The number of likely N-dealkylation sites (N-methyl/N-ethyl adjacent to an activating group) is 1. The minimum Gasteiger partial charge on any atom is -0.491 e. The van der Waals surface area contributed by atoms with Gasteiger partial charge in [-0.3, -0.25) is 9.80 Å². The normalized spacial score (nSPS) is 12.5. The van der Waals surface area contributed by atoms with Crippen molar-refractivity contribution >= 4 is 0 Å². The summed E-state index contributed by atoms with van der Waals surface area (Å²) in [7, 11) is 4.00. The van der Waals surface area contributed by atoms with E-state index in [4.69, 9.17) is 9.15 Å². The first-order valence-corrected chi connectivity index (χ1v) is 10.1. The van der Waals surface area contributed by atoms with Crippen LogP contribution < -0.4 is 4.74 Å². The van der Waals surface area contributed by atoms with Crippen molar-refractivity contribution in [3.8, 4) is 5.75 Å². The maximum absolute atomic E-state index is 10.3. The SMILES string of the molecule is Cc1nnc(CN(C)Cc2ccc(OCC(O)CN(C)Cc3ccccc3)cc2)o1. The number of nitrogens with zero attached hydrogens (tertiary/aromatic N) is 4. The van der Waals surface area contributed by atoms with E-state index in [-0.39, 0.29) is 6.61 Å². The van der Waals surface area contributed by atoms with Gasteiger partial charge in [0.2, 0.25) is 11.8 Å². The maximum atomic E-state index is 10.3. The molecule has 1 N–H and O–H groups in total. The highest BCUT2D eigenvalue weighted by atomic mass is 16.5. The Morgan fingerprint density at radius 1 is 0.900 bits per heavy atom. The molecule has 3 rings (SSSR count). The lowest BCUT2D eigenvalue weighted by molar-refractivity contribution is 0.0744. The number of benzene rings is 2. The molecule has 1 unspecified atom stereocenters. The first-order valence-electron chi connectivity index (χ1n) is 10.1. The Morgan fingerprint density at radius 2 is 1.57 bits per heavy atom. The third kappa shape index (κ3) is 7.26. The van der Waals surface area contributed by atoms with Crippen LogP contribution in [0.25, 0.3) is 0 Å². The zero-order valence-corrected chi connectivity index (χ0v) is 17.9. The molecule has 0 aliphatic carbocycles. The summed E-state index contributed by atoms with van der Waals surface area (Å²) >= 11 is 0. The zero-order valence-electron chi connectivity index (χ0n) is 17.9. The molecule has 1 aromatic heterocycles. The summed E-state index contributed by atoms with van der Waals surface area (Å²) in [6, 6.07) is 18.1. The molecule has 7 nitrogen and oxygen atoms in total. The molecule has 0 saturated carbocycles. The van der Waals surface area contributed by atoms with Gasteiger partial charge in [0.05, 0.1) is 6.54 Å². The van der Waals surface area contributed by atoms with Gasteiger partial charge in [0.1, 0.15) is 18.5 Å². The third-order valence-corrected chi connectivity index (χ3v) is 4.61. The Hall–Kier alpha value is -2.74. The van der Waals surface area contributed by atoms with Crippen molar-refractivity contribution in [2.24, 2.45) is 0 Å². The van der Waals surface area contributed by atoms with Crippen molar-refractivity contribution in [3.05, 3.63) is 77.5 Å². The predicted molar refractivity (Wildman–Crippen MR) is 115 cm³/mol. The van der Waals surface area contributed by atoms with E-state index >= 15 is 0 Å². The minimum absolute atomic E-state index is 0.259. The molecule has 0 radical (unpaired) electrons. The molecule has 2 aromatic carbocycles. The summed E-state index contributed by atoms with van der Waals surface area (Å²) < 4.78 is 11.2. The lowest BCUT2D eigenvalue weighted by Gasteiger charge is -2.21. The minimum atomic E-state index is -0.553. The third-order valence-electron chi connectivity index (χ3n) is 4.61. The number of rotatable bonds is 11. The average molecular weight is 411 g/mol. The van der Waals surface area contributed by atoms with E-state index < -0.39 is 6.10 Å². The van der Waals surface area contributed by atoms with Gasteiger partial charge in [-0.2, -0.15) is 0 Å². The molecule has 1 atom stereocenters. The van der Waals surface area contributed by atoms with Crippen LogP contribution in [0.4, 0.5) is 0 Å². The molecular weight excluding hydrogens is 380 g/mol. The lowest BCUT2D eigenvalue weighted by atomic mass is 10.2. The van der Waals surface area contributed by atoms with Crippen molar-refractivity contribution < 1.29 is 14.3 Å². The highest BCUT2D eigenvalue weighted by molar-refractivity contribution is 5.27. The Bertz CT molecular complexity index is 883. The van der Waals surface area contributed by atoms with Gasteiger partial charge in [0.25, 0.3) is 0 Å². The van der Waals surface area contributed by atoms with Crippen LogP contribution in [-0.2, 0) is 19.6 Å². The molecular formula is C23H30N4O3. The highest BCUT2D eigenvalue weighted by Gasteiger charge is 2.11. The number of ether oxygens (including phenoxy) is 1. The molecule has 0 spiro atoms. The first-order chi connectivity index (χ1) is 14.5. The summed E-state index contributed by atoms with van der Waals surface area (Å²) in [6.45, 7) is 4.75. The fourth-order valence-corrected chi connectivity index (χ4v) is 3.26. The first kappa shape index (κ1) is 22.0. The van der Waals surface area contributed by atoms with Gasteiger partial charge in [0.15, 0.2) is 0 Å². The van der Waals surface area contributed by atoms with Crippen molar-refractivity contribution in [2.45, 2.75) is 32.7 Å². The molecule has 0 fully saturated rings. The van der Waals surface area contributed by atoms with Crippen LogP contribution in [0.2, 0.25) is 0 Å². The van der Waals surface area contributed by atoms with Gasteiger partial charge in [0, 0.05) is 26.6 Å². The van der Waals surface area contributed by atoms with E-state index in [1.165, 1.54) is 5.56 Å². The summed E-state index contributed by atoms with van der Waals surface area (Å²) in [5.41, 5.74) is 2.38. The standard InChI is InChI=1S/C23H30N4O3/c1-18-24-25-23(30-18)16-27(3)14-20-9-11-22(12-10-20)29-17-21(28)15-26(2)13-19-7-5-4-6-8-19/h4-12,21,28H,13-17H2,1-3H3. The summed E-state index contributed by atoms with van der Waals surface area (Å²) in [6.07, 6.45) is -0.553. The molecule has 7 heteroatoms. The highest BCUT2D eigenvalue weighted by Crippen LogP contribution is 2.15. The number of hydrogen-bond acceptors (Lipinski definition) is 7. The second-order valence-electron chi connectivity index (χ2n) is 7.68. The lowest BCUT2D eigenvalue weighted by Crippen LogP contribution is -2.32. The predicted octanol–water partition coefficient (Wildman–Crippen LogP) is 2.88. The van der Waals surface area contributed by atoms with Crippen molar-refractivity contribution in [1.29, 1.82) is 0 Å². The number of aryl methyl sites for hydroxylation is 1. The number of hydrogen-bond donors (Lipinski definition) is 1. The van der Waals surface area contributed by atoms with E-state index in [1.807, 2.05) is 56.6 Å². The van der Waals surface area contributed by atoms with Crippen molar-refractivity contribution in [3.63, 3.8) is 0 Å². The second kappa shape index (κ2) is 10.9. The van der Waals surface area contributed by atoms with E-state index in [9.17, 15) is 5.11 Å². The van der Waals surface area contributed by atoms with Crippen LogP contribution in [0.5, 0.6) is 5.75 Å². The van der Waals surface area contributed by atoms with Crippen molar-refractivity contribution in [1.82, 2.24) is 20.0 Å². The molecule has 0 aliphatic heterocycles. The fraction of sp³-hybridized carbons (Fsp3) is 0.391. The molecule has 3 aromatic rings. The van der Waals surface area contributed by atoms with Crippen molar-refractivity contribution in [2.75, 3.05) is 27.2 Å². The van der Waals surface area contributed by atoms with Crippen LogP contribution >= 0.6 is 0 Å². The van der Waals surface area contributed by atoms with E-state index in [1.54, 1.807) is 6.92 Å². The van der Waals surface area contributed by atoms with Gasteiger partial charge >= 0.3 is 0 Å². The smallest absolute Gasteiger partial charge is 0.230 e. The Morgan fingerprint density at radius 3 is 2.23 bits per heavy atom. The van der Waals surface area contributed by atoms with Gasteiger partial charge < -0.3 is 14.3 Å². The van der Waals surface area contributed by atoms with Crippen LogP contribution in [0.15, 0.2) is 59.0 Å². The molecule has 30 heavy (non-hydrogen) atoms. The molecule has 0 amide bonds. The van der Waals surface area contributed by atoms with Gasteiger partial charge in [-0.15, -0.1) is 10.2 Å². The number of aliphatic hydroxyl groups excluding tert-OH is 1. The monoisotopic (exact) mass is 410 g/mol. The van der Waals surface area contributed by atoms with Crippen LogP contribution in [0.3, 0.4) is 0 Å². The molecule has 1 heterocycles. The number of aromatic nitrogens is 2. The van der Waals surface area contributed by atoms with Crippen LogP contribution in [0, 0.1) is 6.92 Å². The molecule has 0 bridgehead atoms. The molecule has 160 valence electrons. The van der Waals surface area contributed by atoms with Gasteiger partial charge in [-0.05, 0) is 37.4 Å². The van der Waals surface area contributed by atoms with E-state index in [2.05, 4.69) is 32.1 Å². The van der Waals surface area contributed by atoms with Gasteiger partial charge in [-0.25, -0.2) is 0 Å². The van der Waals surface area contributed by atoms with Crippen LogP contribution in [-0.4, -0.2) is 58.5 Å². The molecule has 0 saturated heterocycles. The zero-order chi connectivity index (χ0) is 21.3. The van der Waals surface area contributed by atoms with E-state index in [0.29, 0.717) is 24.9 Å². The topological polar surface area (TPSA) is 74.9 Å². The Balaban J connectivity index is 1.39. The van der Waals surface area contributed by atoms with Gasteiger partial charge in [-0.1, -0.05) is 42.5 Å². The summed E-state index contributed by atoms with van der Waals surface area (Å²) in [4.78, 5) is 4.20. The van der Waals surface area contributed by atoms with E-state index in [0.717, 1.165) is 24.4 Å². The second-order valence-corrected chi connectivity index (χ2v) is 7.68. The maximum Gasteiger partial charge on any atom is 0.230 e. The summed E-state index contributed by atoms with van der Waals surface area (Å²) in [5.74, 6) is 1.94. The van der Waals surface area contributed by atoms with Crippen LogP contribution in [0.1, 0.15) is 22.9 Å². The molecule has 0 aliphatic rings. The quantitative estimate of drug-likeness (QED) is 0.521. The largest absolute Gasteiger partial charge is 0.491 e. The number of aliphatic hydroxyl groups is 1. The average Bonchev–Trinajstić information content (AvgIpc) is 3.12. The summed E-state index contributed by atoms with van der Waals surface area (Å²) in [5, 5.41) is 18.1.